The van der Waals surface area contributed by atoms with Gasteiger partial charge in [0.2, 0.25) is 0 Å². The first kappa shape index (κ1) is 13.0. The second kappa shape index (κ2) is 6.53. The Kier molecular flexibility index (Phi) is 5.01. The number of rotatable bonds is 6. The van der Waals surface area contributed by atoms with Crippen LogP contribution in [-0.2, 0) is 0 Å². The van der Waals surface area contributed by atoms with Gasteiger partial charge < -0.3 is 10.1 Å². The smallest absolute Gasteiger partial charge is 0.251 e. The van der Waals surface area contributed by atoms with Crippen molar-refractivity contribution >= 4 is 5.91 Å². The van der Waals surface area contributed by atoms with Gasteiger partial charge in [-0.25, -0.2) is 0 Å². The van der Waals surface area contributed by atoms with Gasteiger partial charge in [0.25, 0.3) is 5.91 Å². The molecule has 3 nitrogen and oxygen atoms in total. The van der Waals surface area contributed by atoms with Crippen LogP contribution in [0.3, 0.4) is 0 Å². The molecular formula is C14H17NO2. The van der Waals surface area contributed by atoms with E-state index >= 15 is 0 Å². The molecule has 0 bridgehead atoms. The number of carbonyl (C=O) groups excluding carboxylic acids is 1. The maximum atomic E-state index is 11.7. The van der Waals surface area contributed by atoms with Crippen LogP contribution in [0, 0.1) is 0 Å². The Bertz CT molecular complexity index is 424. The molecule has 1 aromatic carbocycles. The Morgan fingerprint density at radius 3 is 2.94 bits per heavy atom. The Balaban J connectivity index is 2.67. The van der Waals surface area contributed by atoms with Gasteiger partial charge in [-0.3, -0.25) is 4.79 Å². The first-order valence-corrected chi connectivity index (χ1v) is 5.40. The van der Waals surface area contributed by atoms with E-state index in [-0.39, 0.29) is 5.91 Å². The van der Waals surface area contributed by atoms with Crippen molar-refractivity contribution in [2.45, 2.75) is 6.92 Å². The average Bonchev–Trinajstić information content (AvgIpc) is 2.33. The number of hydrogen-bond donors (Lipinski definition) is 1. The molecule has 1 aromatic rings. The zero-order valence-electron chi connectivity index (χ0n) is 10.0. The molecule has 3 heteroatoms. The summed E-state index contributed by atoms with van der Waals surface area (Å²) in [6.45, 7) is 10.1. The van der Waals surface area contributed by atoms with Gasteiger partial charge in [0.05, 0.1) is 0 Å². The molecule has 0 saturated heterocycles. The van der Waals surface area contributed by atoms with Crippen molar-refractivity contribution in [1.82, 2.24) is 5.32 Å². The highest BCUT2D eigenvalue weighted by Crippen LogP contribution is 2.13. The maximum absolute atomic E-state index is 11.7. The second-order valence-electron chi connectivity index (χ2n) is 3.77. The molecule has 1 N–H and O–H groups in total. The predicted molar refractivity (Wildman–Crippen MR) is 69.3 cm³/mol. The summed E-state index contributed by atoms with van der Waals surface area (Å²) in [7, 11) is 0. The molecule has 0 aliphatic rings. The van der Waals surface area contributed by atoms with Gasteiger partial charge in [0.15, 0.2) is 0 Å². The predicted octanol–water partition coefficient (Wildman–Crippen LogP) is 2.56. The summed E-state index contributed by atoms with van der Waals surface area (Å²) in [5.41, 5.74) is 1.51. The van der Waals surface area contributed by atoms with E-state index in [1.165, 1.54) is 0 Å². The third-order valence-electron chi connectivity index (χ3n) is 1.99. The molecule has 0 saturated carbocycles. The summed E-state index contributed by atoms with van der Waals surface area (Å²) >= 11 is 0. The quantitative estimate of drug-likeness (QED) is 0.764. The Labute approximate surface area is 102 Å². The number of benzene rings is 1. The summed E-state index contributed by atoms with van der Waals surface area (Å²) < 4.78 is 5.46. The van der Waals surface area contributed by atoms with E-state index in [1.807, 2.05) is 13.0 Å². The zero-order valence-corrected chi connectivity index (χ0v) is 10.0. The van der Waals surface area contributed by atoms with Crippen LogP contribution in [0.5, 0.6) is 5.75 Å². The minimum absolute atomic E-state index is 0.134. The van der Waals surface area contributed by atoms with Crippen LogP contribution < -0.4 is 10.1 Å². The molecule has 0 unspecified atom stereocenters. The lowest BCUT2D eigenvalue weighted by atomic mass is 10.2. The van der Waals surface area contributed by atoms with Crippen molar-refractivity contribution in [2.75, 3.05) is 13.2 Å². The molecule has 1 rings (SSSR count). The second-order valence-corrected chi connectivity index (χ2v) is 3.77. The van der Waals surface area contributed by atoms with Gasteiger partial charge >= 0.3 is 0 Å². The first-order valence-electron chi connectivity index (χ1n) is 5.40. The monoisotopic (exact) mass is 231 g/mol. The van der Waals surface area contributed by atoms with E-state index in [9.17, 15) is 4.79 Å². The van der Waals surface area contributed by atoms with E-state index < -0.39 is 0 Å². The van der Waals surface area contributed by atoms with Crippen LogP contribution in [0.25, 0.3) is 0 Å². The molecule has 0 fully saturated rings. The van der Waals surface area contributed by atoms with Gasteiger partial charge in [-0.05, 0) is 30.7 Å². The highest BCUT2D eigenvalue weighted by Gasteiger charge is 2.05. The van der Waals surface area contributed by atoms with Gasteiger partial charge in [-0.2, -0.15) is 0 Å². The molecule has 0 aromatic heterocycles. The molecule has 0 atom stereocenters. The van der Waals surface area contributed by atoms with Crippen molar-refractivity contribution in [3.63, 3.8) is 0 Å². The largest absolute Gasteiger partial charge is 0.489 e. The molecular weight excluding hydrogens is 214 g/mol. The van der Waals surface area contributed by atoms with E-state index in [1.54, 1.807) is 24.3 Å². The van der Waals surface area contributed by atoms with Crippen molar-refractivity contribution < 1.29 is 9.53 Å². The number of nitrogens with one attached hydrogen (secondary N) is 1. The average molecular weight is 231 g/mol. The number of ether oxygens (including phenoxy) is 1. The van der Waals surface area contributed by atoms with E-state index in [0.717, 1.165) is 5.57 Å². The Hall–Kier alpha value is -2.03. The van der Waals surface area contributed by atoms with Crippen LogP contribution in [0.4, 0.5) is 0 Å². The van der Waals surface area contributed by atoms with Crippen molar-refractivity contribution in [1.29, 1.82) is 0 Å². The fraction of sp³-hybridized carbons (Fsp3) is 0.214. The molecule has 90 valence electrons. The number of amides is 1. The minimum atomic E-state index is -0.134. The van der Waals surface area contributed by atoms with Crippen LogP contribution in [0.15, 0.2) is 49.1 Å². The SMILES string of the molecule is C=CCNC(=O)c1cccc(OCC(=C)C)c1. The van der Waals surface area contributed by atoms with Crippen LogP contribution in [-0.4, -0.2) is 19.1 Å². The van der Waals surface area contributed by atoms with Crippen molar-refractivity contribution in [3.8, 4) is 5.75 Å². The Morgan fingerprint density at radius 1 is 1.53 bits per heavy atom. The van der Waals surface area contributed by atoms with Crippen molar-refractivity contribution in [3.05, 3.63) is 54.6 Å². The van der Waals surface area contributed by atoms with Gasteiger partial charge in [-0.1, -0.05) is 18.7 Å². The zero-order chi connectivity index (χ0) is 12.7. The Morgan fingerprint density at radius 2 is 2.29 bits per heavy atom. The third kappa shape index (κ3) is 4.55. The minimum Gasteiger partial charge on any atom is -0.489 e. The lowest BCUT2D eigenvalue weighted by Crippen LogP contribution is -2.23. The summed E-state index contributed by atoms with van der Waals surface area (Å²) in [5.74, 6) is 0.532. The van der Waals surface area contributed by atoms with Gasteiger partial charge in [0.1, 0.15) is 12.4 Å². The van der Waals surface area contributed by atoms with Gasteiger partial charge in [0, 0.05) is 12.1 Å². The normalized spacial score (nSPS) is 9.47. The molecule has 17 heavy (non-hydrogen) atoms. The maximum Gasteiger partial charge on any atom is 0.251 e. The third-order valence-corrected chi connectivity index (χ3v) is 1.99. The fourth-order valence-corrected chi connectivity index (χ4v) is 1.20. The topological polar surface area (TPSA) is 38.3 Å². The van der Waals surface area contributed by atoms with Crippen LogP contribution >= 0.6 is 0 Å². The molecule has 0 radical (unpaired) electrons. The van der Waals surface area contributed by atoms with Gasteiger partial charge in [-0.15, -0.1) is 6.58 Å². The van der Waals surface area contributed by atoms with E-state index in [2.05, 4.69) is 18.5 Å². The lowest BCUT2D eigenvalue weighted by molar-refractivity contribution is 0.0957. The van der Waals surface area contributed by atoms with Crippen LogP contribution in [0.2, 0.25) is 0 Å². The summed E-state index contributed by atoms with van der Waals surface area (Å²) in [4.78, 5) is 11.7. The summed E-state index contributed by atoms with van der Waals surface area (Å²) in [5, 5.41) is 2.71. The molecule has 1 amide bonds. The van der Waals surface area contributed by atoms with Crippen molar-refractivity contribution in [2.24, 2.45) is 0 Å². The highest BCUT2D eigenvalue weighted by atomic mass is 16.5. The molecule has 0 aliphatic heterocycles. The fourth-order valence-electron chi connectivity index (χ4n) is 1.20. The standard InChI is InChI=1S/C14H17NO2/c1-4-8-15-14(16)12-6-5-7-13(9-12)17-10-11(2)3/h4-7,9H,1-2,8,10H2,3H3,(H,15,16). The molecule has 0 heterocycles. The van der Waals surface area contributed by atoms with Crippen LogP contribution in [0.1, 0.15) is 17.3 Å². The summed E-state index contributed by atoms with van der Waals surface area (Å²) in [6, 6.07) is 7.05. The molecule has 0 aliphatic carbocycles. The first-order chi connectivity index (χ1) is 8.13. The number of hydrogen-bond acceptors (Lipinski definition) is 2. The lowest BCUT2D eigenvalue weighted by Gasteiger charge is -2.07. The highest BCUT2D eigenvalue weighted by molar-refractivity contribution is 5.94. The number of carbonyl (C=O) groups is 1. The van der Waals surface area contributed by atoms with E-state index in [4.69, 9.17) is 4.74 Å². The molecule has 0 spiro atoms. The van der Waals surface area contributed by atoms with E-state index in [0.29, 0.717) is 24.5 Å². The summed E-state index contributed by atoms with van der Waals surface area (Å²) in [6.07, 6.45) is 1.64.